The summed E-state index contributed by atoms with van der Waals surface area (Å²) < 4.78 is 0. The highest BCUT2D eigenvalue weighted by molar-refractivity contribution is 5.52. The highest BCUT2D eigenvalue weighted by Gasteiger charge is 2.01. The van der Waals surface area contributed by atoms with Crippen LogP contribution in [0.5, 0.6) is 0 Å². The van der Waals surface area contributed by atoms with E-state index in [0.29, 0.717) is 11.6 Å². The molecule has 16 heavy (non-hydrogen) atoms. The second-order valence-electron chi connectivity index (χ2n) is 3.47. The highest BCUT2D eigenvalue weighted by Crippen LogP contribution is 2.12. The Bertz CT molecular complexity index is 471. The Labute approximate surface area is 94.0 Å². The van der Waals surface area contributed by atoms with E-state index in [1.807, 2.05) is 37.3 Å². The Hall–Kier alpha value is -1.94. The second kappa shape index (κ2) is 4.72. The molecule has 0 fully saturated rings. The number of hydrogen-bond acceptors (Lipinski definition) is 4. The molecule has 0 radical (unpaired) electrons. The van der Waals surface area contributed by atoms with Crippen molar-refractivity contribution in [1.29, 1.82) is 0 Å². The molecule has 4 heteroatoms. The lowest BCUT2D eigenvalue weighted by molar-refractivity contribution is 0.276. The molecule has 0 atom stereocenters. The van der Waals surface area contributed by atoms with Crippen LogP contribution in [0.2, 0.25) is 0 Å². The molecule has 2 N–H and O–H groups in total. The number of anilines is 2. The SMILES string of the molecule is Cc1cc(CO)nc(Nc2ccccc2)n1. The molecule has 0 unspecified atom stereocenters. The lowest BCUT2D eigenvalue weighted by Crippen LogP contribution is -2.01. The molecule has 0 aliphatic carbocycles. The zero-order valence-corrected chi connectivity index (χ0v) is 9.01. The quantitative estimate of drug-likeness (QED) is 0.822. The predicted octanol–water partition coefficient (Wildman–Crippen LogP) is 2.02. The molecule has 4 nitrogen and oxygen atoms in total. The average molecular weight is 215 g/mol. The van der Waals surface area contributed by atoms with Crippen molar-refractivity contribution in [2.45, 2.75) is 13.5 Å². The number of aliphatic hydroxyl groups is 1. The minimum Gasteiger partial charge on any atom is -0.390 e. The summed E-state index contributed by atoms with van der Waals surface area (Å²) in [5.41, 5.74) is 2.38. The zero-order valence-electron chi connectivity index (χ0n) is 9.01. The van der Waals surface area contributed by atoms with Crippen LogP contribution < -0.4 is 5.32 Å². The van der Waals surface area contributed by atoms with Gasteiger partial charge in [-0.05, 0) is 25.1 Å². The monoisotopic (exact) mass is 215 g/mol. The number of benzene rings is 1. The van der Waals surface area contributed by atoms with Gasteiger partial charge in [-0.25, -0.2) is 9.97 Å². The molecule has 0 amide bonds. The first-order chi connectivity index (χ1) is 7.78. The van der Waals surface area contributed by atoms with Crippen molar-refractivity contribution in [2.75, 3.05) is 5.32 Å². The van der Waals surface area contributed by atoms with E-state index in [9.17, 15) is 0 Å². The van der Waals surface area contributed by atoms with Gasteiger partial charge in [-0.2, -0.15) is 0 Å². The van der Waals surface area contributed by atoms with E-state index in [-0.39, 0.29) is 6.61 Å². The summed E-state index contributed by atoms with van der Waals surface area (Å²) in [5.74, 6) is 0.509. The molecule has 0 aliphatic heterocycles. The summed E-state index contributed by atoms with van der Waals surface area (Å²) in [6.45, 7) is 1.80. The third-order valence-electron chi connectivity index (χ3n) is 2.10. The Balaban J connectivity index is 2.24. The van der Waals surface area contributed by atoms with E-state index < -0.39 is 0 Å². The van der Waals surface area contributed by atoms with Gasteiger partial charge in [-0.3, -0.25) is 0 Å². The average Bonchev–Trinajstić information content (AvgIpc) is 2.29. The largest absolute Gasteiger partial charge is 0.390 e. The first-order valence-electron chi connectivity index (χ1n) is 5.05. The molecule has 2 aromatic rings. The molecule has 0 bridgehead atoms. The Morgan fingerprint density at radius 2 is 1.94 bits per heavy atom. The minimum absolute atomic E-state index is 0.0766. The maximum Gasteiger partial charge on any atom is 0.227 e. The van der Waals surface area contributed by atoms with Crippen LogP contribution in [0.3, 0.4) is 0 Å². The Morgan fingerprint density at radius 3 is 2.62 bits per heavy atom. The summed E-state index contributed by atoms with van der Waals surface area (Å²) in [5, 5.41) is 12.1. The molecule has 1 aromatic heterocycles. The second-order valence-corrected chi connectivity index (χ2v) is 3.47. The van der Waals surface area contributed by atoms with Crippen LogP contribution in [-0.2, 0) is 6.61 Å². The van der Waals surface area contributed by atoms with Gasteiger partial charge in [0.15, 0.2) is 0 Å². The predicted molar refractivity (Wildman–Crippen MR) is 62.4 cm³/mol. The first kappa shape index (κ1) is 10.6. The fourth-order valence-electron chi connectivity index (χ4n) is 1.42. The van der Waals surface area contributed by atoms with Gasteiger partial charge in [0.25, 0.3) is 0 Å². The fourth-order valence-corrected chi connectivity index (χ4v) is 1.42. The normalized spacial score (nSPS) is 10.1. The van der Waals surface area contributed by atoms with E-state index in [1.165, 1.54) is 0 Å². The van der Waals surface area contributed by atoms with Crippen molar-refractivity contribution in [3.8, 4) is 0 Å². The number of aromatic nitrogens is 2. The zero-order chi connectivity index (χ0) is 11.4. The van der Waals surface area contributed by atoms with Crippen LogP contribution >= 0.6 is 0 Å². The molecule has 0 saturated carbocycles. The van der Waals surface area contributed by atoms with Crippen molar-refractivity contribution in [3.05, 3.63) is 47.8 Å². The van der Waals surface area contributed by atoms with Crippen LogP contribution in [0.1, 0.15) is 11.4 Å². The molecule has 0 aliphatic rings. The summed E-state index contributed by atoms with van der Waals surface area (Å²) in [6.07, 6.45) is 0. The van der Waals surface area contributed by atoms with Gasteiger partial charge in [0.1, 0.15) is 0 Å². The highest BCUT2D eigenvalue weighted by atomic mass is 16.3. The van der Waals surface area contributed by atoms with E-state index >= 15 is 0 Å². The van der Waals surface area contributed by atoms with Gasteiger partial charge in [0.05, 0.1) is 12.3 Å². The maximum atomic E-state index is 9.03. The van der Waals surface area contributed by atoms with Gasteiger partial charge in [-0.1, -0.05) is 18.2 Å². The molecular formula is C12H13N3O. The number of nitrogens with one attached hydrogen (secondary N) is 1. The van der Waals surface area contributed by atoms with Crippen LogP contribution in [0.4, 0.5) is 11.6 Å². The smallest absolute Gasteiger partial charge is 0.227 e. The topological polar surface area (TPSA) is 58.0 Å². The summed E-state index contributed by atoms with van der Waals surface area (Å²) >= 11 is 0. The summed E-state index contributed by atoms with van der Waals surface area (Å²) in [4.78, 5) is 8.42. The number of aliphatic hydroxyl groups excluding tert-OH is 1. The van der Waals surface area contributed by atoms with E-state index in [0.717, 1.165) is 11.4 Å². The first-order valence-corrected chi connectivity index (χ1v) is 5.05. The number of aryl methyl sites for hydroxylation is 1. The van der Waals surface area contributed by atoms with Crippen molar-refractivity contribution in [1.82, 2.24) is 9.97 Å². The van der Waals surface area contributed by atoms with Crippen LogP contribution in [0.25, 0.3) is 0 Å². The van der Waals surface area contributed by atoms with E-state index in [4.69, 9.17) is 5.11 Å². The summed E-state index contributed by atoms with van der Waals surface area (Å²) in [6, 6.07) is 11.4. The number of para-hydroxylation sites is 1. The van der Waals surface area contributed by atoms with Gasteiger partial charge in [-0.15, -0.1) is 0 Å². The van der Waals surface area contributed by atoms with Gasteiger partial charge in [0, 0.05) is 11.4 Å². The number of nitrogens with zero attached hydrogens (tertiary/aromatic N) is 2. The van der Waals surface area contributed by atoms with Gasteiger partial charge < -0.3 is 10.4 Å². The van der Waals surface area contributed by atoms with Crippen molar-refractivity contribution < 1.29 is 5.11 Å². The Kier molecular flexibility index (Phi) is 3.12. The molecular weight excluding hydrogens is 202 g/mol. The van der Waals surface area contributed by atoms with Gasteiger partial charge in [0.2, 0.25) is 5.95 Å². The van der Waals surface area contributed by atoms with Crippen molar-refractivity contribution in [2.24, 2.45) is 0 Å². The summed E-state index contributed by atoms with van der Waals surface area (Å²) in [7, 11) is 0. The molecule has 1 aromatic carbocycles. The standard InChI is InChI=1S/C12H13N3O/c1-9-7-11(8-16)15-12(13-9)14-10-5-3-2-4-6-10/h2-7,16H,8H2,1H3,(H,13,14,15). The van der Waals surface area contributed by atoms with Crippen LogP contribution in [0.15, 0.2) is 36.4 Å². The Morgan fingerprint density at radius 1 is 1.19 bits per heavy atom. The molecule has 0 saturated heterocycles. The number of hydrogen-bond donors (Lipinski definition) is 2. The number of rotatable bonds is 3. The molecule has 0 spiro atoms. The third-order valence-corrected chi connectivity index (χ3v) is 2.10. The third kappa shape index (κ3) is 2.55. The molecule has 82 valence electrons. The maximum absolute atomic E-state index is 9.03. The molecule has 2 rings (SSSR count). The van der Waals surface area contributed by atoms with Gasteiger partial charge >= 0.3 is 0 Å². The van der Waals surface area contributed by atoms with Crippen molar-refractivity contribution in [3.63, 3.8) is 0 Å². The van der Waals surface area contributed by atoms with E-state index in [1.54, 1.807) is 6.07 Å². The lowest BCUT2D eigenvalue weighted by atomic mass is 10.3. The molecule has 1 heterocycles. The minimum atomic E-state index is -0.0766. The van der Waals surface area contributed by atoms with Crippen molar-refractivity contribution >= 4 is 11.6 Å². The van der Waals surface area contributed by atoms with E-state index in [2.05, 4.69) is 15.3 Å². The fraction of sp³-hybridized carbons (Fsp3) is 0.167. The van der Waals surface area contributed by atoms with Crippen LogP contribution in [0, 0.1) is 6.92 Å². The van der Waals surface area contributed by atoms with Crippen LogP contribution in [-0.4, -0.2) is 15.1 Å². The lowest BCUT2D eigenvalue weighted by Gasteiger charge is -2.06.